The van der Waals surface area contributed by atoms with Crippen molar-refractivity contribution in [2.24, 2.45) is 17.8 Å². The molecule has 0 aromatic heterocycles. The normalized spacial score (nSPS) is 11.5. The summed E-state index contributed by atoms with van der Waals surface area (Å²) in [7, 11) is 3.13. The van der Waals surface area contributed by atoms with Gasteiger partial charge >= 0.3 is 36.4 Å². The van der Waals surface area contributed by atoms with Crippen LogP contribution in [0.25, 0.3) is 0 Å². The van der Waals surface area contributed by atoms with Crippen molar-refractivity contribution in [3.63, 3.8) is 0 Å². The first-order chi connectivity index (χ1) is 53.7. The number of hydrogen-bond donors (Lipinski definition) is 9. The van der Waals surface area contributed by atoms with Crippen molar-refractivity contribution in [2.45, 2.75) is 334 Å². The van der Waals surface area contributed by atoms with Crippen LogP contribution in [0.3, 0.4) is 0 Å². The second kappa shape index (κ2) is 66.6. The number of benzene rings is 4. The molecule has 0 aliphatic heterocycles. The van der Waals surface area contributed by atoms with Crippen LogP contribution in [0.1, 0.15) is 307 Å². The van der Waals surface area contributed by atoms with Crippen molar-refractivity contribution in [2.75, 3.05) is 75.0 Å². The van der Waals surface area contributed by atoms with Gasteiger partial charge < -0.3 is 65.5 Å². The number of anilines is 4. The van der Waals surface area contributed by atoms with Crippen molar-refractivity contribution in [3.05, 3.63) is 119 Å². The Labute approximate surface area is 685 Å². The summed E-state index contributed by atoms with van der Waals surface area (Å²) < 4.78 is 20.9. The lowest BCUT2D eigenvalue weighted by Gasteiger charge is -2.30. The Hall–Kier alpha value is -7.62. The molecule has 0 radical (unpaired) electrons. The highest BCUT2D eigenvalue weighted by Crippen LogP contribution is 2.25. The molecule has 644 valence electrons. The molecule has 2 atom stereocenters. The van der Waals surface area contributed by atoms with Gasteiger partial charge in [0.25, 0.3) is 0 Å². The van der Waals surface area contributed by atoms with E-state index in [1.807, 2.05) is 162 Å². The number of nitrogens with zero attached hydrogens (tertiary/aromatic N) is 2. The summed E-state index contributed by atoms with van der Waals surface area (Å²) >= 11 is 0. The fourth-order valence-corrected chi connectivity index (χ4v) is 13.5. The summed E-state index contributed by atoms with van der Waals surface area (Å²) in [6, 6.07) is 32.9. The molecule has 4 rings (SSSR count). The fraction of sp³-hybridized carbons (Fsp3) is 0.674. The molecule has 0 fully saturated rings. The van der Waals surface area contributed by atoms with Crippen LogP contribution in [0.4, 0.5) is 51.5 Å². The zero-order chi connectivity index (χ0) is 83.3. The second-order valence-electron chi connectivity index (χ2n) is 31.3. The molecule has 4 aromatic rings. The van der Waals surface area contributed by atoms with Crippen molar-refractivity contribution in [3.8, 4) is 0 Å². The fourth-order valence-electron chi connectivity index (χ4n) is 13.5. The van der Waals surface area contributed by atoms with Crippen molar-refractivity contribution in [1.82, 2.24) is 25.8 Å². The average Bonchev–Trinajstić information content (AvgIpc) is 0.860. The first-order valence-electron chi connectivity index (χ1n) is 42.8. The summed E-state index contributed by atoms with van der Waals surface area (Å²) in [6.07, 6.45) is 29.9. The number of urea groups is 2. The predicted octanol–water partition coefficient (Wildman–Crippen LogP) is 23.1. The molecule has 21 heteroatoms. The highest BCUT2D eigenvalue weighted by atomic mass is 16.6. The lowest BCUT2D eigenvalue weighted by Crippen LogP contribution is -2.44. The molecule has 2 unspecified atom stereocenters. The molecule has 0 aliphatic rings. The Morgan fingerprint density at radius 2 is 0.540 bits per heavy atom. The molecule has 0 bridgehead atoms. The largest absolute Gasteiger partial charge is 0.450 e. The molecular formula is C92H159N9O12. The van der Waals surface area contributed by atoms with Gasteiger partial charge in [0.15, 0.2) is 0 Å². The number of alkyl carbamates (subject to hydrolysis) is 2. The van der Waals surface area contributed by atoms with E-state index in [0.717, 1.165) is 142 Å². The van der Waals surface area contributed by atoms with Crippen molar-refractivity contribution >= 4 is 59.2 Å². The number of unbranched alkanes of at least 4 members (excludes halogenated alkanes) is 12. The molecule has 4 aromatic carbocycles. The van der Waals surface area contributed by atoms with Crippen LogP contribution in [0.15, 0.2) is 97.1 Å². The highest BCUT2D eigenvalue weighted by molar-refractivity contribution is 5.90. The minimum atomic E-state index is -0.441. The van der Waals surface area contributed by atoms with Gasteiger partial charge in [-0.25, -0.2) is 28.8 Å². The molecular weight excluding hydrogens is 1420 g/mol. The number of aliphatic hydroxyl groups excluding tert-OH is 2. The van der Waals surface area contributed by atoms with E-state index in [4.69, 9.17) is 29.2 Å². The van der Waals surface area contributed by atoms with Crippen LogP contribution in [0, 0.1) is 17.8 Å². The molecule has 113 heavy (non-hydrogen) atoms. The Morgan fingerprint density at radius 1 is 0.319 bits per heavy atom. The van der Waals surface area contributed by atoms with E-state index < -0.39 is 12.2 Å². The van der Waals surface area contributed by atoms with E-state index >= 15 is 0 Å². The molecule has 21 nitrogen and oxygen atoms in total. The van der Waals surface area contributed by atoms with Crippen LogP contribution < -0.4 is 37.2 Å². The monoisotopic (exact) mass is 1580 g/mol. The van der Waals surface area contributed by atoms with Crippen LogP contribution in [-0.2, 0) is 31.8 Å². The van der Waals surface area contributed by atoms with Crippen molar-refractivity contribution in [1.29, 1.82) is 0 Å². The van der Waals surface area contributed by atoms with Gasteiger partial charge in [0.2, 0.25) is 0 Å². The number of carbonyl (C=O) groups is 6. The molecule has 0 saturated heterocycles. The summed E-state index contributed by atoms with van der Waals surface area (Å²) in [6.45, 7) is 33.9. The third-order valence-corrected chi connectivity index (χ3v) is 19.6. The van der Waals surface area contributed by atoms with Gasteiger partial charge in [-0.15, -0.1) is 0 Å². The molecule has 0 spiro atoms. The summed E-state index contributed by atoms with van der Waals surface area (Å²) in [5.41, 5.74) is 7.45. The van der Waals surface area contributed by atoms with Gasteiger partial charge in [-0.2, -0.15) is 0 Å². The van der Waals surface area contributed by atoms with Crippen LogP contribution in [-0.4, -0.2) is 146 Å². The van der Waals surface area contributed by atoms with E-state index in [1.165, 1.54) is 83.5 Å². The zero-order valence-electron chi connectivity index (χ0n) is 72.6. The molecule has 0 aliphatic carbocycles. The first kappa shape index (κ1) is 105. The number of ether oxygens (including phenoxy) is 4. The second-order valence-corrected chi connectivity index (χ2v) is 31.3. The molecule has 0 heterocycles. The lowest BCUT2D eigenvalue weighted by molar-refractivity contribution is 0.145. The molecule has 9 N–H and O–H groups in total. The Morgan fingerprint density at radius 3 is 0.735 bits per heavy atom. The zero-order valence-corrected chi connectivity index (χ0v) is 72.6. The number of nitrogens with one attached hydrogen (secondary N) is 7. The quantitative estimate of drug-likeness (QED) is 0.0147. The highest BCUT2D eigenvalue weighted by Gasteiger charge is 2.22. The van der Waals surface area contributed by atoms with E-state index in [9.17, 15) is 28.8 Å². The summed E-state index contributed by atoms with van der Waals surface area (Å²) in [5, 5.41) is 37.2. The van der Waals surface area contributed by atoms with Crippen LogP contribution >= 0.6 is 0 Å². The van der Waals surface area contributed by atoms with Crippen LogP contribution in [0.5, 0.6) is 0 Å². The Kier molecular flexibility index (Phi) is 62.1. The first-order valence-corrected chi connectivity index (χ1v) is 42.8. The van der Waals surface area contributed by atoms with E-state index in [1.54, 1.807) is 14.1 Å². The smallest absolute Gasteiger partial charge is 0.411 e. The predicted molar refractivity (Wildman–Crippen MR) is 471 cm³/mol. The third-order valence-electron chi connectivity index (χ3n) is 19.6. The van der Waals surface area contributed by atoms with Gasteiger partial charge in [-0.05, 0) is 195 Å². The maximum atomic E-state index is 12.6. The minimum Gasteiger partial charge on any atom is -0.450 e. The summed E-state index contributed by atoms with van der Waals surface area (Å²) in [5.74, 6) is 2.28. The van der Waals surface area contributed by atoms with Gasteiger partial charge in [0.05, 0.1) is 26.4 Å². The van der Waals surface area contributed by atoms with Crippen molar-refractivity contribution < 1.29 is 57.9 Å². The maximum absolute atomic E-state index is 12.6. The number of aliphatic hydroxyl groups is 2. The SMILES string of the molecule is C.CC(C)N(C(=O)Nc1ccc(Cc2ccc(NC(=O)N(C(C)C)C(C)C)cc2)cc1)C(C)C.CC(C)NC(C)C.CCC(CCCCCO)CCCCCO.CCC(CCCCCOC(=O)NC)CCCCCOC(=O)Nc1ccc(Cc2ccc(NC(=O)OCCCCCC(CC)CCCCCOC(=O)NC)cc2)cc1. The van der Waals surface area contributed by atoms with Gasteiger partial charge in [-0.3, -0.25) is 10.6 Å². The molecule has 8 amide bonds. The Bertz CT molecular complexity index is 2810. The van der Waals surface area contributed by atoms with Gasteiger partial charge in [0, 0.05) is 86.3 Å². The number of hydrogen-bond acceptors (Lipinski definition) is 13. The number of amides is 8. The average molecular weight is 1580 g/mol. The Balaban J connectivity index is 0.00000186. The topological polar surface area (TPSA) is 270 Å². The van der Waals surface area contributed by atoms with E-state index in [-0.39, 0.29) is 55.8 Å². The van der Waals surface area contributed by atoms with Gasteiger partial charge in [-0.1, -0.05) is 239 Å². The minimum absolute atomic E-state index is 0. The van der Waals surface area contributed by atoms with Gasteiger partial charge in [0.1, 0.15) is 0 Å². The standard InChI is InChI=1S/C45H72N4O8.C27H40N4O2.C13H28O2.C6H15N.CH4/c1-5-36(19-11-7-15-31-54-42(50)46-3)21-13-9-17-33-56-44(52)48-40-27-23-38(24-28-40)35-39-25-29-41(30-26-39)49-45(53)57-34-18-10-14-22-37(6-2)20-12-8-16-32-55-43(51)47-4;1-18(2)30(19(3)4)26(32)28-24-13-9-22(10-14-24)17-23-11-15-25(16-12-23)29-27(33)31(20(5)6)21(7)8;1-2-13(9-5-3-7-11-14)10-6-4-8-12-15;1-5(2)7-6(3)4;/h23-30,36-37H,5-22,31-35H2,1-4H3,(H,46,50)(H,47,51)(H,48,52)(H,49,53);9-16,18-21H,17H2,1-8H3,(H,28,32)(H,29,33);13-15H,2-12H2,1H3;5-7H,1-4H3;1H4. The summed E-state index contributed by atoms with van der Waals surface area (Å²) in [4.78, 5) is 75.7. The third kappa shape index (κ3) is 54.0. The van der Waals surface area contributed by atoms with Crippen LogP contribution in [0.2, 0.25) is 0 Å². The molecule has 0 saturated carbocycles. The maximum Gasteiger partial charge on any atom is 0.411 e. The van der Waals surface area contributed by atoms with E-state index in [0.29, 0.717) is 74.9 Å². The number of carbonyl (C=O) groups excluding carboxylic acids is 6. The lowest BCUT2D eigenvalue weighted by atomic mass is 9.93. The van der Waals surface area contributed by atoms with E-state index in [2.05, 4.69) is 85.7 Å². The number of rotatable bonds is 51.